The highest BCUT2D eigenvalue weighted by atomic mass is 16.5. The van der Waals surface area contributed by atoms with Crippen LogP contribution in [0.3, 0.4) is 0 Å². The number of nitrogens with zero attached hydrogens (tertiary/aromatic N) is 4. The Kier molecular flexibility index (Phi) is 7.35. The molecule has 10 nitrogen and oxygen atoms in total. The summed E-state index contributed by atoms with van der Waals surface area (Å²) in [5, 5.41) is 19.5. The van der Waals surface area contributed by atoms with Crippen LogP contribution in [0.15, 0.2) is 101 Å². The molecule has 0 radical (unpaired) electrons. The fourth-order valence-corrected chi connectivity index (χ4v) is 5.98. The normalized spacial score (nSPS) is 20.3. The second kappa shape index (κ2) is 11.6. The lowest BCUT2D eigenvalue weighted by molar-refractivity contribution is -0.113. The number of hydrogen-bond donors (Lipinski definition) is 3. The summed E-state index contributed by atoms with van der Waals surface area (Å²) in [6.07, 6.45) is 0.395. The number of carbonyl (C=O) groups excluding carboxylic acids is 1. The number of nitrogen functional groups attached to an aromatic ring is 1. The Hall–Kier alpha value is -5.34. The summed E-state index contributed by atoms with van der Waals surface area (Å²) in [5.41, 5.74) is 11.2. The number of aliphatic hydroxyl groups is 2. The van der Waals surface area contributed by atoms with Crippen molar-refractivity contribution < 1.29 is 19.7 Å². The van der Waals surface area contributed by atoms with Crippen molar-refractivity contribution in [3.63, 3.8) is 0 Å². The zero-order valence-electron chi connectivity index (χ0n) is 24.1. The Bertz CT molecular complexity index is 1950. The van der Waals surface area contributed by atoms with Crippen LogP contribution in [0, 0.1) is 11.8 Å². The highest BCUT2D eigenvalue weighted by Crippen LogP contribution is 2.38. The van der Waals surface area contributed by atoms with E-state index in [0.29, 0.717) is 29.7 Å². The molecule has 1 saturated heterocycles. The number of aromatic nitrogens is 2. The van der Waals surface area contributed by atoms with Gasteiger partial charge in [-0.15, -0.1) is 0 Å². The zero-order valence-corrected chi connectivity index (χ0v) is 24.1. The summed E-state index contributed by atoms with van der Waals surface area (Å²) in [5.74, 6) is 6.63. The largest absolute Gasteiger partial charge is 0.394 e. The third-order valence-corrected chi connectivity index (χ3v) is 8.22. The van der Waals surface area contributed by atoms with Crippen LogP contribution < -0.4 is 16.3 Å². The topological polar surface area (TPSA) is 143 Å². The predicted molar refractivity (Wildman–Crippen MR) is 169 cm³/mol. The number of carbonyl (C=O) groups is 1. The second-order valence-corrected chi connectivity index (χ2v) is 11.1. The van der Waals surface area contributed by atoms with Crippen LogP contribution >= 0.6 is 0 Å². The van der Waals surface area contributed by atoms with E-state index in [-0.39, 0.29) is 24.8 Å². The van der Waals surface area contributed by atoms with E-state index in [1.807, 2.05) is 78.9 Å². The van der Waals surface area contributed by atoms with Crippen LogP contribution in [0.5, 0.6) is 0 Å². The summed E-state index contributed by atoms with van der Waals surface area (Å²) in [7, 11) is 0. The smallest absolute Gasteiger partial charge is 0.351 e. The molecule has 3 aliphatic rings. The first kappa shape index (κ1) is 28.4. The first-order chi connectivity index (χ1) is 21.9. The molecule has 7 rings (SSSR count). The number of fused-ring (bicyclic) bond motifs is 3. The third-order valence-electron chi connectivity index (χ3n) is 8.22. The third kappa shape index (κ3) is 5.23. The minimum atomic E-state index is -0.905. The number of rotatable bonds is 4. The molecule has 3 aromatic carbocycles. The second-order valence-electron chi connectivity index (χ2n) is 11.1. The summed E-state index contributed by atoms with van der Waals surface area (Å²) < 4.78 is 6.85. The van der Waals surface area contributed by atoms with Crippen molar-refractivity contribution in [2.75, 3.05) is 17.2 Å². The van der Waals surface area contributed by atoms with Crippen molar-refractivity contribution in [2.24, 2.45) is 4.99 Å². The fourth-order valence-electron chi connectivity index (χ4n) is 5.98. The van der Waals surface area contributed by atoms with Crippen LogP contribution in [0.4, 0.5) is 11.5 Å². The van der Waals surface area contributed by atoms with Crippen LogP contribution in [0.25, 0.3) is 5.57 Å². The molecule has 3 atom stereocenters. The molecule has 4 heterocycles. The van der Waals surface area contributed by atoms with Gasteiger partial charge in [-0.2, -0.15) is 4.98 Å². The van der Waals surface area contributed by atoms with Crippen molar-refractivity contribution in [2.45, 2.75) is 37.7 Å². The minimum absolute atomic E-state index is 0.0190. The number of amidine groups is 1. The maximum atomic E-state index is 14.0. The minimum Gasteiger partial charge on any atom is -0.394 e. The Balaban J connectivity index is 1.20. The number of hydrogen-bond acceptors (Lipinski definition) is 8. The van der Waals surface area contributed by atoms with Gasteiger partial charge in [-0.1, -0.05) is 72.5 Å². The SMILES string of the molecule is Nc1nc(=O)n([C@H]2C[C@H](O)[C@@H](CO)O2)cc1C#Cc1ccc2c(c1)CCC1=NC(=C(c3ccccc3)c3ccccc3)C(=O)N12. The van der Waals surface area contributed by atoms with Gasteiger partial charge in [0.2, 0.25) is 0 Å². The first-order valence-electron chi connectivity index (χ1n) is 14.7. The van der Waals surface area contributed by atoms with Crippen LogP contribution in [-0.2, 0) is 16.0 Å². The zero-order chi connectivity index (χ0) is 31.1. The van der Waals surface area contributed by atoms with Crippen LogP contribution in [-0.4, -0.2) is 50.3 Å². The molecule has 45 heavy (non-hydrogen) atoms. The Morgan fingerprint density at radius 1 is 0.978 bits per heavy atom. The van der Waals surface area contributed by atoms with Gasteiger partial charge in [0.05, 0.1) is 24.0 Å². The van der Waals surface area contributed by atoms with Gasteiger partial charge in [0.1, 0.15) is 29.7 Å². The maximum absolute atomic E-state index is 14.0. The number of aliphatic imine (C=N–C) groups is 1. The monoisotopic (exact) mass is 599 g/mol. The molecule has 0 spiro atoms. The lowest BCUT2D eigenvalue weighted by Crippen LogP contribution is -2.36. The number of anilines is 2. The van der Waals surface area contributed by atoms with Gasteiger partial charge in [0.15, 0.2) is 0 Å². The molecule has 4 N–H and O–H groups in total. The summed E-state index contributed by atoms with van der Waals surface area (Å²) >= 11 is 0. The van der Waals surface area contributed by atoms with E-state index >= 15 is 0 Å². The van der Waals surface area contributed by atoms with E-state index in [0.717, 1.165) is 33.8 Å². The lowest BCUT2D eigenvalue weighted by atomic mass is 9.95. The molecule has 1 fully saturated rings. The van der Waals surface area contributed by atoms with Gasteiger partial charge < -0.3 is 20.7 Å². The van der Waals surface area contributed by atoms with Crippen molar-refractivity contribution in [3.8, 4) is 11.8 Å². The van der Waals surface area contributed by atoms with Gasteiger partial charge in [0.25, 0.3) is 5.91 Å². The van der Waals surface area contributed by atoms with Gasteiger partial charge in [0, 0.05) is 30.2 Å². The van der Waals surface area contributed by atoms with Crippen LogP contribution in [0.2, 0.25) is 0 Å². The molecule has 0 bridgehead atoms. The summed E-state index contributed by atoms with van der Waals surface area (Å²) in [4.78, 5) is 37.0. The van der Waals surface area contributed by atoms with E-state index < -0.39 is 24.1 Å². The lowest BCUT2D eigenvalue weighted by Gasteiger charge is -2.26. The van der Waals surface area contributed by atoms with E-state index in [9.17, 15) is 19.8 Å². The highest BCUT2D eigenvalue weighted by Gasteiger charge is 2.38. The van der Waals surface area contributed by atoms with Gasteiger partial charge in [-0.3, -0.25) is 14.3 Å². The van der Waals surface area contributed by atoms with Crippen molar-refractivity contribution in [3.05, 3.63) is 129 Å². The molecule has 4 aromatic rings. The molecule has 1 amide bonds. The predicted octanol–water partition coefficient (Wildman–Crippen LogP) is 3.02. The molecule has 10 heteroatoms. The number of aryl methyl sites for hydroxylation is 1. The van der Waals surface area contributed by atoms with E-state index in [4.69, 9.17) is 15.5 Å². The number of benzene rings is 3. The van der Waals surface area contributed by atoms with Crippen molar-refractivity contribution in [1.82, 2.24) is 9.55 Å². The Morgan fingerprint density at radius 2 is 1.69 bits per heavy atom. The molecule has 3 aliphatic heterocycles. The fraction of sp³-hybridized carbons (Fsp3) is 0.200. The first-order valence-corrected chi connectivity index (χ1v) is 14.7. The summed E-state index contributed by atoms with van der Waals surface area (Å²) in [6.45, 7) is -0.366. The highest BCUT2D eigenvalue weighted by molar-refractivity contribution is 6.31. The molecule has 0 saturated carbocycles. The van der Waals surface area contributed by atoms with Crippen LogP contribution in [0.1, 0.15) is 46.9 Å². The Morgan fingerprint density at radius 3 is 2.36 bits per heavy atom. The number of nitrogens with two attached hydrogens (primary N) is 1. The molecular formula is C35H29N5O5. The van der Waals surface area contributed by atoms with Gasteiger partial charge in [-0.25, -0.2) is 9.79 Å². The molecule has 0 unspecified atom stereocenters. The van der Waals surface area contributed by atoms with Gasteiger partial charge in [-0.05, 0) is 41.3 Å². The molecule has 0 aliphatic carbocycles. The number of aliphatic hydroxyl groups excluding tert-OH is 2. The Labute approximate surface area is 258 Å². The maximum Gasteiger partial charge on any atom is 0.351 e. The summed E-state index contributed by atoms with van der Waals surface area (Å²) in [6, 6.07) is 25.3. The van der Waals surface area contributed by atoms with E-state index in [1.165, 1.54) is 10.8 Å². The van der Waals surface area contributed by atoms with Crippen molar-refractivity contribution in [1.29, 1.82) is 0 Å². The molecular weight excluding hydrogens is 570 g/mol. The van der Waals surface area contributed by atoms with E-state index in [1.54, 1.807) is 4.90 Å². The number of ether oxygens (including phenoxy) is 1. The van der Waals surface area contributed by atoms with Crippen molar-refractivity contribution >= 4 is 28.8 Å². The van der Waals surface area contributed by atoms with E-state index in [2.05, 4.69) is 16.8 Å². The standard InChI is InChI=1S/C35H29N5O5/c36-33-25(19-39(35(44)38-33)30-18-27(42)28(20-41)45-30)13-11-21-12-15-26-24(17-21)14-16-29-37-32(34(43)40(26)29)31(22-7-3-1-4-8-22)23-9-5-2-6-10-23/h1-10,12,15,17,19,27-28,30,41-42H,14,16,18,20H2,(H2,36,38,44)/t27-,28+,30+/m0/s1. The molecule has 224 valence electrons. The quantitative estimate of drug-likeness (QED) is 0.242. The molecule has 1 aromatic heterocycles. The number of amides is 1. The van der Waals surface area contributed by atoms with Gasteiger partial charge >= 0.3 is 5.69 Å². The average Bonchev–Trinajstić information content (AvgIpc) is 3.60. The average molecular weight is 600 g/mol.